The summed E-state index contributed by atoms with van der Waals surface area (Å²) < 4.78 is 13.0. The van der Waals surface area contributed by atoms with E-state index in [1.165, 1.54) is 29.5 Å². The molecule has 4 heteroatoms. The number of hydrogen-bond donors (Lipinski definition) is 2. The minimum atomic E-state index is -0.472. The molecule has 0 saturated carbocycles. The molecule has 0 radical (unpaired) electrons. The smallest absolute Gasteiger partial charge is 0.123 e. The minimum Gasteiger partial charge on any atom is -0.508 e. The molecule has 1 aromatic carbocycles. The van der Waals surface area contributed by atoms with Gasteiger partial charge < -0.3 is 10.8 Å². The first-order chi connectivity index (χ1) is 7.18. The monoisotopic (exact) mass is 223 g/mol. The highest BCUT2D eigenvalue weighted by molar-refractivity contribution is 7.10. The molecule has 15 heavy (non-hydrogen) atoms. The van der Waals surface area contributed by atoms with Gasteiger partial charge in [-0.2, -0.15) is 0 Å². The van der Waals surface area contributed by atoms with Crippen molar-refractivity contribution < 1.29 is 9.50 Å². The highest BCUT2D eigenvalue weighted by atomic mass is 32.1. The fourth-order valence-electron chi connectivity index (χ4n) is 1.40. The molecule has 0 aliphatic rings. The quantitative estimate of drug-likeness (QED) is 0.822. The number of phenolic OH excluding ortho intramolecular Hbond substituents is 1. The van der Waals surface area contributed by atoms with Crippen molar-refractivity contribution in [1.82, 2.24) is 0 Å². The second kappa shape index (κ2) is 4.00. The van der Waals surface area contributed by atoms with Crippen LogP contribution in [0.15, 0.2) is 35.7 Å². The van der Waals surface area contributed by atoms with Gasteiger partial charge in [-0.3, -0.25) is 0 Å². The standard InChI is InChI=1S/C11H10FNOS/c12-7-3-4-9(14)8(6-7)11(13)10-2-1-5-15-10/h1-6,11,14H,13H2/t11-/m1/s1. The second-order valence-electron chi connectivity index (χ2n) is 3.20. The number of aromatic hydroxyl groups is 1. The topological polar surface area (TPSA) is 46.2 Å². The Balaban J connectivity index is 2.41. The SMILES string of the molecule is N[C@@H](c1cccs1)c1cc(F)ccc1O. The molecule has 0 unspecified atom stereocenters. The maximum atomic E-state index is 13.0. The van der Waals surface area contributed by atoms with E-state index in [-0.39, 0.29) is 5.75 Å². The van der Waals surface area contributed by atoms with E-state index in [0.29, 0.717) is 5.56 Å². The highest BCUT2D eigenvalue weighted by Gasteiger charge is 2.14. The van der Waals surface area contributed by atoms with E-state index in [0.717, 1.165) is 4.88 Å². The van der Waals surface area contributed by atoms with Crippen LogP contribution in [0.3, 0.4) is 0 Å². The lowest BCUT2D eigenvalue weighted by Gasteiger charge is -2.11. The lowest BCUT2D eigenvalue weighted by atomic mass is 10.1. The number of thiophene rings is 1. The summed E-state index contributed by atoms with van der Waals surface area (Å²) in [7, 11) is 0. The Kier molecular flexibility index (Phi) is 2.70. The molecule has 2 rings (SSSR count). The maximum absolute atomic E-state index is 13.0. The van der Waals surface area contributed by atoms with Crippen LogP contribution in [0.4, 0.5) is 4.39 Å². The van der Waals surface area contributed by atoms with Crippen LogP contribution in [0.25, 0.3) is 0 Å². The molecule has 78 valence electrons. The van der Waals surface area contributed by atoms with Crippen LogP contribution in [-0.4, -0.2) is 5.11 Å². The van der Waals surface area contributed by atoms with Gasteiger partial charge in [-0.1, -0.05) is 6.07 Å². The molecule has 1 aromatic heterocycles. The van der Waals surface area contributed by atoms with Crippen molar-refractivity contribution in [3.8, 4) is 5.75 Å². The molecule has 0 fully saturated rings. The van der Waals surface area contributed by atoms with Crippen LogP contribution in [0.5, 0.6) is 5.75 Å². The molecule has 0 aliphatic heterocycles. The van der Waals surface area contributed by atoms with Gasteiger partial charge >= 0.3 is 0 Å². The van der Waals surface area contributed by atoms with Crippen molar-refractivity contribution in [1.29, 1.82) is 0 Å². The Morgan fingerprint density at radius 1 is 1.33 bits per heavy atom. The van der Waals surface area contributed by atoms with Gasteiger partial charge in [0.1, 0.15) is 11.6 Å². The summed E-state index contributed by atoms with van der Waals surface area (Å²) in [5.74, 6) is -0.368. The summed E-state index contributed by atoms with van der Waals surface area (Å²) in [6, 6.07) is 7.05. The first-order valence-electron chi connectivity index (χ1n) is 4.46. The Labute approximate surface area is 90.8 Å². The first-order valence-corrected chi connectivity index (χ1v) is 5.34. The van der Waals surface area contributed by atoms with Gasteiger partial charge in [-0.05, 0) is 29.6 Å². The van der Waals surface area contributed by atoms with Gasteiger partial charge in [-0.15, -0.1) is 11.3 Å². The molecular weight excluding hydrogens is 213 g/mol. The Bertz CT molecular complexity index is 456. The predicted molar refractivity (Wildman–Crippen MR) is 58.4 cm³/mol. The Hall–Kier alpha value is -1.39. The molecule has 0 bridgehead atoms. The molecule has 3 N–H and O–H groups in total. The van der Waals surface area contributed by atoms with E-state index >= 15 is 0 Å². The van der Waals surface area contributed by atoms with E-state index in [2.05, 4.69) is 0 Å². The molecule has 0 spiro atoms. The van der Waals surface area contributed by atoms with Gasteiger partial charge in [-0.25, -0.2) is 4.39 Å². The lowest BCUT2D eigenvalue weighted by Crippen LogP contribution is -2.10. The first kappa shape index (κ1) is 10.1. The third-order valence-corrected chi connectivity index (χ3v) is 3.13. The molecular formula is C11H10FNOS. The van der Waals surface area contributed by atoms with Crippen molar-refractivity contribution in [2.75, 3.05) is 0 Å². The number of phenols is 1. The van der Waals surface area contributed by atoms with Crippen LogP contribution in [0.2, 0.25) is 0 Å². The van der Waals surface area contributed by atoms with E-state index in [1.807, 2.05) is 17.5 Å². The summed E-state index contributed by atoms with van der Waals surface area (Å²) in [4.78, 5) is 0.899. The molecule has 0 aliphatic carbocycles. The van der Waals surface area contributed by atoms with Crippen molar-refractivity contribution in [3.63, 3.8) is 0 Å². The van der Waals surface area contributed by atoms with Crippen LogP contribution >= 0.6 is 11.3 Å². The lowest BCUT2D eigenvalue weighted by molar-refractivity contribution is 0.462. The number of benzene rings is 1. The van der Waals surface area contributed by atoms with Gasteiger partial charge in [0.15, 0.2) is 0 Å². The van der Waals surface area contributed by atoms with Crippen LogP contribution < -0.4 is 5.73 Å². The third kappa shape index (κ3) is 2.00. The third-order valence-electron chi connectivity index (χ3n) is 2.17. The molecule has 0 saturated heterocycles. The molecule has 2 aromatic rings. The Morgan fingerprint density at radius 2 is 2.13 bits per heavy atom. The van der Waals surface area contributed by atoms with Gasteiger partial charge in [0, 0.05) is 10.4 Å². The minimum absolute atomic E-state index is 0.0253. The summed E-state index contributed by atoms with van der Waals surface area (Å²) in [5, 5.41) is 11.5. The van der Waals surface area contributed by atoms with Crippen LogP contribution in [0, 0.1) is 5.82 Å². The Morgan fingerprint density at radius 3 is 2.80 bits per heavy atom. The second-order valence-corrected chi connectivity index (χ2v) is 4.18. The summed E-state index contributed by atoms with van der Waals surface area (Å²) in [6.07, 6.45) is 0. The van der Waals surface area contributed by atoms with Gasteiger partial charge in [0.2, 0.25) is 0 Å². The molecule has 2 nitrogen and oxygen atoms in total. The normalized spacial score (nSPS) is 12.7. The van der Waals surface area contributed by atoms with Crippen molar-refractivity contribution in [2.45, 2.75) is 6.04 Å². The van der Waals surface area contributed by atoms with Crippen molar-refractivity contribution in [3.05, 3.63) is 52.0 Å². The average molecular weight is 223 g/mol. The summed E-state index contributed by atoms with van der Waals surface area (Å²) >= 11 is 1.48. The summed E-state index contributed by atoms with van der Waals surface area (Å²) in [5.41, 5.74) is 6.33. The van der Waals surface area contributed by atoms with Crippen LogP contribution in [-0.2, 0) is 0 Å². The van der Waals surface area contributed by atoms with Gasteiger partial charge in [0.25, 0.3) is 0 Å². The van der Waals surface area contributed by atoms with E-state index in [1.54, 1.807) is 0 Å². The predicted octanol–water partition coefficient (Wildman–Crippen LogP) is 2.64. The molecule has 1 heterocycles. The number of hydrogen-bond acceptors (Lipinski definition) is 3. The van der Waals surface area contributed by atoms with Crippen LogP contribution in [0.1, 0.15) is 16.5 Å². The molecule has 1 atom stereocenters. The summed E-state index contributed by atoms with van der Waals surface area (Å²) in [6.45, 7) is 0. The highest BCUT2D eigenvalue weighted by Crippen LogP contribution is 2.30. The molecule has 0 amide bonds. The average Bonchev–Trinajstić information content (AvgIpc) is 2.74. The van der Waals surface area contributed by atoms with Gasteiger partial charge in [0.05, 0.1) is 6.04 Å². The zero-order chi connectivity index (χ0) is 10.8. The zero-order valence-electron chi connectivity index (χ0n) is 7.85. The number of halogens is 1. The van der Waals surface area contributed by atoms with Crippen molar-refractivity contribution in [2.24, 2.45) is 5.73 Å². The maximum Gasteiger partial charge on any atom is 0.123 e. The largest absolute Gasteiger partial charge is 0.508 e. The fraction of sp³-hybridized carbons (Fsp3) is 0.0909. The van der Waals surface area contributed by atoms with E-state index < -0.39 is 11.9 Å². The number of rotatable bonds is 2. The fourth-order valence-corrected chi connectivity index (χ4v) is 2.14. The van der Waals surface area contributed by atoms with E-state index in [4.69, 9.17) is 5.73 Å². The van der Waals surface area contributed by atoms with Crippen molar-refractivity contribution >= 4 is 11.3 Å². The number of nitrogens with two attached hydrogens (primary N) is 1. The van der Waals surface area contributed by atoms with E-state index in [9.17, 15) is 9.50 Å². The zero-order valence-corrected chi connectivity index (χ0v) is 8.67.